The Bertz CT molecular complexity index is 1050. The van der Waals surface area contributed by atoms with Crippen LogP contribution in [0.25, 0.3) is 5.57 Å². The molecule has 2 aromatic carbocycles. The van der Waals surface area contributed by atoms with Crippen LogP contribution in [0.1, 0.15) is 18.1 Å². The third-order valence-corrected chi connectivity index (χ3v) is 4.96. The van der Waals surface area contributed by atoms with E-state index in [1.54, 1.807) is 42.2 Å². The number of fused-ring (bicyclic) bond motifs is 1. The number of benzene rings is 2. The van der Waals surface area contributed by atoms with Gasteiger partial charge in [-0.25, -0.2) is 0 Å². The average Bonchev–Trinajstić information content (AvgIpc) is 2.96. The topological polar surface area (TPSA) is 82.4 Å². The van der Waals surface area contributed by atoms with Crippen molar-refractivity contribution in [1.82, 2.24) is 0 Å². The van der Waals surface area contributed by atoms with Gasteiger partial charge in [0.05, 0.1) is 24.1 Å². The molecule has 1 aliphatic heterocycles. The van der Waals surface area contributed by atoms with E-state index >= 15 is 0 Å². The third-order valence-electron chi connectivity index (χ3n) is 4.56. The van der Waals surface area contributed by atoms with Crippen LogP contribution in [0.5, 0.6) is 5.75 Å². The molecule has 0 saturated carbocycles. The van der Waals surface area contributed by atoms with Crippen LogP contribution in [-0.4, -0.2) is 25.5 Å². The number of hydrogen-bond donors (Lipinski definition) is 1. The predicted molar refractivity (Wildman–Crippen MR) is 108 cm³/mol. The number of hydrogen-bond acceptors (Lipinski definition) is 4. The molecule has 0 aromatic heterocycles. The molecule has 0 spiro atoms. The molecule has 0 radical (unpaired) electrons. The Morgan fingerprint density at radius 3 is 2.68 bits per heavy atom. The summed E-state index contributed by atoms with van der Waals surface area (Å²) in [6.07, 6.45) is 0. The fourth-order valence-corrected chi connectivity index (χ4v) is 3.32. The Labute approximate surface area is 168 Å². The monoisotopic (exact) mass is 395 g/mol. The van der Waals surface area contributed by atoms with Crippen molar-refractivity contribution in [3.8, 4) is 11.8 Å². The van der Waals surface area contributed by atoms with Crippen LogP contribution in [0.2, 0.25) is 5.02 Å². The number of anilines is 2. The summed E-state index contributed by atoms with van der Waals surface area (Å²) < 4.78 is 5.26. The van der Waals surface area contributed by atoms with E-state index in [0.717, 1.165) is 5.56 Å². The van der Waals surface area contributed by atoms with E-state index in [0.29, 0.717) is 34.3 Å². The molecule has 2 aromatic rings. The van der Waals surface area contributed by atoms with Crippen LogP contribution >= 0.6 is 11.6 Å². The molecule has 0 bridgehead atoms. The Morgan fingerprint density at radius 1 is 1.32 bits per heavy atom. The number of para-hydroxylation sites is 1. The van der Waals surface area contributed by atoms with E-state index in [1.165, 1.54) is 7.11 Å². The molecular weight excluding hydrogens is 378 g/mol. The second-order valence-electron chi connectivity index (χ2n) is 6.18. The molecule has 1 N–H and O–H groups in total. The number of carbonyl (C=O) groups excluding carboxylic acids is 2. The largest absolute Gasteiger partial charge is 0.495 e. The molecule has 3 rings (SSSR count). The zero-order chi connectivity index (χ0) is 20.4. The number of ether oxygens (including phenoxy) is 1. The molecule has 1 heterocycles. The van der Waals surface area contributed by atoms with Gasteiger partial charge in [-0.15, -0.1) is 0 Å². The Balaban J connectivity index is 2.08. The maximum atomic E-state index is 12.9. The van der Waals surface area contributed by atoms with Gasteiger partial charge in [-0.1, -0.05) is 29.8 Å². The van der Waals surface area contributed by atoms with Crippen molar-refractivity contribution in [3.05, 3.63) is 58.1 Å². The molecule has 0 atom stereocenters. The summed E-state index contributed by atoms with van der Waals surface area (Å²) in [6, 6.07) is 12.2. The van der Waals surface area contributed by atoms with E-state index in [9.17, 15) is 14.9 Å². The third kappa shape index (κ3) is 3.21. The molecule has 142 valence electrons. The fourth-order valence-electron chi connectivity index (χ4n) is 3.17. The minimum Gasteiger partial charge on any atom is -0.495 e. The first-order valence-corrected chi connectivity index (χ1v) is 9.01. The molecule has 2 amide bonds. The van der Waals surface area contributed by atoms with Gasteiger partial charge in [0, 0.05) is 23.2 Å². The Hall–Kier alpha value is -3.30. The second kappa shape index (κ2) is 7.75. The van der Waals surface area contributed by atoms with Crippen molar-refractivity contribution in [2.24, 2.45) is 0 Å². The van der Waals surface area contributed by atoms with Gasteiger partial charge in [-0.2, -0.15) is 5.26 Å². The first kappa shape index (κ1) is 19.5. The summed E-state index contributed by atoms with van der Waals surface area (Å²) in [6.45, 7) is 4.06. The summed E-state index contributed by atoms with van der Waals surface area (Å²) in [5.41, 5.74) is 2.22. The molecular formula is C21H18ClN3O3. The molecule has 28 heavy (non-hydrogen) atoms. The highest BCUT2D eigenvalue weighted by molar-refractivity contribution is 6.38. The lowest BCUT2D eigenvalue weighted by Crippen LogP contribution is -2.27. The van der Waals surface area contributed by atoms with E-state index in [4.69, 9.17) is 16.3 Å². The molecule has 0 fully saturated rings. The van der Waals surface area contributed by atoms with Crippen LogP contribution in [-0.2, 0) is 9.59 Å². The first-order chi connectivity index (χ1) is 13.4. The SMILES string of the molecule is CCN1C(=O)C(=C(C#N)C(=O)Nc2cc(C)c(Cl)cc2OC)c2ccccc21. The number of halogens is 1. The van der Waals surface area contributed by atoms with Gasteiger partial charge < -0.3 is 15.0 Å². The molecule has 7 heteroatoms. The van der Waals surface area contributed by atoms with Crippen molar-refractivity contribution in [2.45, 2.75) is 13.8 Å². The number of nitrogens with zero attached hydrogens (tertiary/aromatic N) is 2. The lowest BCUT2D eigenvalue weighted by Gasteiger charge is -2.14. The van der Waals surface area contributed by atoms with Crippen LogP contribution in [0.4, 0.5) is 11.4 Å². The Morgan fingerprint density at radius 2 is 2.04 bits per heavy atom. The molecule has 0 aliphatic carbocycles. The highest BCUT2D eigenvalue weighted by Gasteiger charge is 2.35. The van der Waals surface area contributed by atoms with Crippen LogP contribution in [0.3, 0.4) is 0 Å². The van der Waals surface area contributed by atoms with Gasteiger partial charge in [0.15, 0.2) is 0 Å². The van der Waals surface area contributed by atoms with Crippen molar-refractivity contribution >= 4 is 40.4 Å². The lowest BCUT2D eigenvalue weighted by atomic mass is 10.0. The first-order valence-electron chi connectivity index (χ1n) is 8.64. The van der Waals surface area contributed by atoms with Gasteiger partial charge in [0.25, 0.3) is 11.8 Å². The number of aryl methyl sites for hydroxylation is 1. The van der Waals surface area contributed by atoms with Gasteiger partial charge in [-0.05, 0) is 31.5 Å². The summed E-state index contributed by atoms with van der Waals surface area (Å²) in [4.78, 5) is 27.3. The number of carbonyl (C=O) groups is 2. The van der Waals surface area contributed by atoms with Crippen LogP contribution in [0, 0.1) is 18.3 Å². The van der Waals surface area contributed by atoms with Crippen LogP contribution in [0.15, 0.2) is 42.0 Å². The van der Waals surface area contributed by atoms with Crippen molar-refractivity contribution in [2.75, 3.05) is 23.9 Å². The van der Waals surface area contributed by atoms with Crippen molar-refractivity contribution < 1.29 is 14.3 Å². The average molecular weight is 396 g/mol. The predicted octanol–water partition coefficient (Wildman–Crippen LogP) is 3.94. The summed E-state index contributed by atoms with van der Waals surface area (Å²) in [7, 11) is 1.45. The van der Waals surface area contributed by atoms with Gasteiger partial charge in [0.1, 0.15) is 17.4 Å². The highest BCUT2D eigenvalue weighted by atomic mass is 35.5. The zero-order valence-corrected chi connectivity index (χ0v) is 16.4. The van der Waals surface area contributed by atoms with Gasteiger partial charge >= 0.3 is 0 Å². The zero-order valence-electron chi connectivity index (χ0n) is 15.7. The normalized spacial score (nSPS) is 14.4. The molecule has 0 unspecified atom stereocenters. The van der Waals surface area contributed by atoms with E-state index < -0.39 is 5.91 Å². The molecule has 0 saturated heterocycles. The molecule has 1 aliphatic rings. The van der Waals surface area contributed by atoms with Crippen molar-refractivity contribution in [3.63, 3.8) is 0 Å². The Kier molecular flexibility index (Phi) is 5.39. The van der Waals surface area contributed by atoms with Crippen LogP contribution < -0.4 is 15.0 Å². The quantitative estimate of drug-likeness (QED) is 0.627. The van der Waals surface area contributed by atoms with E-state index in [2.05, 4.69) is 5.32 Å². The number of rotatable bonds is 4. The van der Waals surface area contributed by atoms with Gasteiger partial charge in [0.2, 0.25) is 0 Å². The summed E-state index contributed by atoms with van der Waals surface area (Å²) >= 11 is 6.10. The number of likely N-dealkylation sites (N-methyl/N-ethyl adjacent to an activating group) is 1. The minimum atomic E-state index is -0.682. The highest BCUT2D eigenvalue weighted by Crippen LogP contribution is 2.38. The summed E-state index contributed by atoms with van der Waals surface area (Å²) in [5.74, 6) is -0.687. The summed E-state index contributed by atoms with van der Waals surface area (Å²) in [5, 5.41) is 12.8. The standard InChI is InChI=1S/C21H18ClN3O3/c1-4-25-17-8-6-5-7-13(17)19(21(25)27)14(11-23)20(26)24-16-9-12(2)15(22)10-18(16)28-3/h5-10H,4H2,1-3H3,(H,24,26). The smallest absolute Gasteiger partial charge is 0.267 e. The molecule has 6 nitrogen and oxygen atoms in total. The maximum Gasteiger partial charge on any atom is 0.267 e. The number of amides is 2. The second-order valence-corrected chi connectivity index (χ2v) is 6.59. The van der Waals surface area contributed by atoms with E-state index in [1.807, 2.05) is 19.1 Å². The lowest BCUT2D eigenvalue weighted by molar-refractivity contribution is -0.114. The fraction of sp³-hybridized carbons (Fsp3) is 0.190. The van der Waals surface area contributed by atoms with E-state index in [-0.39, 0.29) is 17.1 Å². The number of nitrogens with one attached hydrogen (secondary N) is 1. The van der Waals surface area contributed by atoms with Gasteiger partial charge in [-0.3, -0.25) is 9.59 Å². The maximum absolute atomic E-state index is 12.9. The number of nitriles is 1. The minimum absolute atomic E-state index is 0.0992. The van der Waals surface area contributed by atoms with Crippen molar-refractivity contribution in [1.29, 1.82) is 5.26 Å². The number of methoxy groups -OCH3 is 1.